The molecular weight excluding hydrogens is 233 g/mol. The van der Waals surface area contributed by atoms with Gasteiger partial charge >= 0.3 is 0 Å². The number of rotatable bonds is 3. The molecule has 1 heterocycles. The Bertz CT molecular complexity index is 572. The van der Waals surface area contributed by atoms with E-state index in [0.717, 1.165) is 0 Å². The summed E-state index contributed by atoms with van der Waals surface area (Å²) < 4.78 is 13.0. The second-order valence-corrected chi connectivity index (χ2v) is 3.70. The maximum atomic E-state index is 13.0. The predicted octanol–water partition coefficient (Wildman–Crippen LogP) is 1.93. The number of nitrogens with two attached hydrogens (primary N) is 1. The number of carbonyl (C=O) groups is 1. The van der Waals surface area contributed by atoms with E-state index in [0.29, 0.717) is 16.9 Å². The lowest BCUT2D eigenvalue weighted by molar-refractivity contribution is 0.102. The molecule has 0 bridgehead atoms. The minimum absolute atomic E-state index is 0.265. The molecule has 18 heavy (non-hydrogen) atoms. The maximum Gasteiger partial charge on any atom is 0.255 e. The van der Waals surface area contributed by atoms with Gasteiger partial charge in [0.15, 0.2) is 0 Å². The van der Waals surface area contributed by atoms with E-state index in [4.69, 9.17) is 5.73 Å². The number of aromatic nitrogens is 1. The Labute approximate surface area is 104 Å². The molecule has 0 unspecified atom stereocenters. The van der Waals surface area contributed by atoms with Crippen molar-refractivity contribution in [3.05, 3.63) is 59.7 Å². The lowest BCUT2D eigenvalue weighted by Crippen LogP contribution is -2.13. The van der Waals surface area contributed by atoms with Crippen molar-refractivity contribution >= 4 is 11.6 Å². The summed E-state index contributed by atoms with van der Waals surface area (Å²) in [5.74, 6) is -0.720. The minimum atomic E-state index is -0.398. The standard InChI is InChI=1S/C13H12FN3O/c14-10-2-1-3-11(7-10)17-13(18)9-4-5-16-12(6-9)8-15/h1-7H,8,15H2,(H,17,18). The quantitative estimate of drug-likeness (QED) is 0.868. The van der Waals surface area contributed by atoms with Gasteiger partial charge in [0.05, 0.1) is 5.69 Å². The van der Waals surface area contributed by atoms with E-state index in [1.807, 2.05) is 0 Å². The van der Waals surface area contributed by atoms with Gasteiger partial charge in [-0.2, -0.15) is 0 Å². The molecule has 0 saturated carbocycles. The molecule has 5 heteroatoms. The monoisotopic (exact) mass is 245 g/mol. The summed E-state index contributed by atoms with van der Waals surface area (Å²) in [4.78, 5) is 15.9. The number of nitrogens with one attached hydrogen (secondary N) is 1. The zero-order valence-corrected chi connectivity index (χ0v) is 9.56. The Morgan fingerprint density at radius 3 is 2.89 bits per heavy atom. The van der Waals surface area contributed by atoms with Crippen LogP contribution in [0.4, 0.5) is 10.1 Å². The Kier molecular flexibility index (Phi) is 3.64. The van der Waals surface area contributed by atoms with Gasteiger partial charge in [-0.1, -0.05) is 6.07 Å². The van der Waals surface area contributed by atoms with Gasteiger partial charge in [-0.15, -0.1) is 0 Å². The molecule has 2 rings (SSSR count). The Morgan fingerprint density at radius 2 is 2.17 bits per heavy atom. The summed E-state index contributed by atoms with van der Waals surface area (Å²) in [6.45, 7) is 0.265. The third-order valence-electron chi connectivity index (χ3n) is 2.37. The summed E-state index contributed by atoms with van der Waals surface area (Å²) in [5.41, 5.74) is 6.92. The van der Waals surface area contributed by atoms with Gasteiger partial charge in [0.2, 0.25) is 0 Å². The molecule has 0 aliphatic rings. The van der Waals surface area contributed by atoms with Gasteiger partial charge in [-0.25, -0.2) is 4.39 Å². The number of anilines is 1. The number of hydrogen-bond acceptors (Lipinski definition) is 3. The number of amides is 1. The van der Waals surface area contributed by atoms with E-state index in [1.54, 1.807) is 18.2 Å². The van der Waals surface area contributed by atoms with E-state index in [9.17, 15) is 9.18 Å². The number of nitrogens with zero attached hydrogens (tertiary/aromatic N) is 1. The van der Waals surface area contributed by atoms with Gasteiger partial charge in [0.1, 0.15) is 5.82 Å². The second-order valence-electron chi connectivity index (χ2n) is 3.70. The second kappa shape index (κ2) is 5.37. The summed E-state index contributed by atoms with van der Waals surface area (Å²) in [6.07, 6.45) is 1.52. The van der Waals surface area contributed by atoms with Crippen LogP contribution in [0.25, 0.3) is 0 Å². The van der Waals surface area contributed by atoms with Crippen LogP contribution in [0.1, 0.15) is 16.1 Å². The van der Waals surface area contributed by atoms with Crippen LogP contribution in [-0.4, -0.2) is 10.9 Å². The van der Waals surface area contributed by atoms with E-state index in [-0.39, 0.29) is 12.5 Å². The van der Waals surface area contributed by atoms with Gasteiger partial charge in [-0.05, 0) is 30.3 Å². The van der Waals surface area contributed by atoms with Crippen LogP contribution >= 0.6 is 0 Å². The average molecular weight is 245 g/mol. The van der Waals surface area contributed by atoms with Crippen LogP contribution in [0.15, 0.2) is 42.6 Å². The third-order valence-corrected chi connectivity index (χ3v) is 2.37. The molecule has 92 valence electrons. The molecule has 0 fully saturated rings. The average Bonchev–Trinajstić information content (AvgIpc) is 2.39. The number of halogens is 1. The van der Waals surface area contributed by atoms with Gasteiger partial charge in [0, 0.05) is 24.0 Å². The molecule has 3 N–H and O–H groups in total. The van der Waals surface area contributed by atoms with Crippen LogP contribution in [0.2, 0.25) is 0 Å². The van der Waals surface area contributed by atoms with Crippen molar-refractivity contribution < 1.29 is 9.18 Å². The molecule has 1 amide bonds. The highest BCUT2D eigenvalue weighted by atomic mass is 19.1. The van der Waals surface area contributed by atoms with Gasteiger partial charge in [0.25, 0.3) is 5.91 Å². The molecule has 0 atom stereocenters. The van der Waals surface area contributed by atoms with E-state index in [1.165, 1.54) is 24.4 Å². The zero-order valence-electron chi connectivity index (χ0n) is 9.56. The molecule has 0 aliphatic heterocycles. The molecule has 0 saturated heterocycles. The van der Waals surface area contributed by atoms with Crippen molar-refractivity contribution in [3.63, 3.8) is 0 Å². The first kappa shape index (κ1) is 12.2. The summed E-state index contributed by atoms with van der Waals surface area (Å²) in [7, 11) is 0. The van der Waals surface area contributed by atoms with Crippen molar-refractivity contribution in [2.75, 3.05) is 5.32 Å². The van der Waals surface area contributed by atoms with Crippen molar-refractivity contribution in [2.24, 2.45) is 5.73 Å². The Morgan fingerprint density at radius 1 is 1.33 bits per heavy atom. The fraction of sp³-hybridized carbons (Fsp3) is 0.0769. The highest BCUT2D eigenvalue weighted by molar-refractivity contribution is 6.04. The first-order valence-corrected chi connectivity index (χ1v) is 5.41. The van der Waals surface area contributed by atoms with Crippen LogP contribution in [0.5, 0.6) is 0 Å². The number of hydrogen-bond donors (Lipinski definition) is 2. The molecule has 1 aromatic heterocycles. The highest BCUT2D eigenvalue weighted by Crippen LogP contribution is 2.11. The molecule has 0 radical (unpaired) electrons. The van der Waals surface area contributed by atoms with Crippen molar-refractivity contribution in [3.8, 4) is 0 Å². The summed E-state index contributed by atoms with van der Waals surface area (Å²) in [5, 5.41) is 2.60. The van der Waals surface area contributed by atoms with Crippen LogP contribution in [-0.2, 0) is 6.54 Å². The molecule has 2 aromatic rings. The summed E-state index contributed by atoms with van der Waals surface area (Å²) in [6, 6.07) is 8.90. The lowest BCUT2D eigenvalue weighted by atomic mass is 10.2. The third kappa shape index (κ3) is 2.89. The molecule has 1 aromatic carbocycles. The first-order chi connectivity index (χ1) is 8.69. The van der Waals surface area contributed by atoms with E-state index >= 15 is 0 Å². The number of benzene rings is 1. The smallest absolute Gasteiger partial charge is 0.255 e. The Balaban J connectivity index is 2.16. The molecular formula is C13H12FN3O. The first-order valence-electron chi connectivity index (χ1n) is 5.41. The molecule has 0 aliphatic carbocycles. The predicted molar refractivity (Wildman–Crippen MR) is 66.5 cm³/mol. The number of pyridine rings is 1. The van der Waals surface area contributed by atoms with Crippen LogP contribution in [0, 0.1) is 5.82 Å². The van der Waals surface area contributed by atoms with Crippen LogP contribution < -0.4 is 11.1 Å². The SMILES string of the molecule is NCc1cc(C(=O)Nc2cccc(F)c2)ccn1. The van der Waals surface area contributed by atoms with E-state index < -0.39 is 5.82 Å². The molecule has 0 spiro atoms. The Hall–Kier alpha value is -2.27. The molecule has 4 nitrogen and oxygen atoms in total. The fourth-order valence-corrected chi connectivity index (χ4v) is 1.50. The van der Waals surface area contributed by atoms with Gasteiger partial charge < -0.3 is 11.1 Å². The topological polar surface area (TPSA) is 68.0 Å². The van der Waals surface area contributed by atoms with Crippen molar-refractivity contribution in [2.45, 2.75) is 6.54 Å². The maximum absolute atomic E-state index is 13.0. The van der Waals surface area contributed by atoms with E-state index in [2.05, 4.69) is 10.3 Å². The fourth-order valence-electron chi connectivity index (χ4n) is 1.50. The normalized spacial score (nSPS) is 10.1. The lowest BCUT2D eigenvalue weighted by Gasteiger charge is -2.06. The van der Waals surface area contributed by atoms with Gasteiger partial charge in [-0.3, -0.25) is 9.78 Å². The zero-order chi connectivity index (χ0) is 13.0. The minimum Gasteiger partial charge on any atom is -0.325 e. The number of carbonyl (C=O) groups excluding carboxylic acids is 1. The summed E-state index contributed by atoms with van der Waals surface area (Å²) >= 11 is 0. The highest BCUT2D eigenvalue weighted by Gasteiger charge is 2.07. The van der Waals surface area contributed by atoms with Crippen molar-refractivity contribution in [1.82, 2.24) is 4.98 Å². The van der Waals surface area contributed by atoms with Crippen molar-refractivity contribution in [1.29, 1.82) is 0 Å². The largest absolute Gasteiger partial charge is 0.325 e. The van der Waals surface area contributed by atoms with Crippen LogP contribution in [0.3, 0.4) is 0 Å².